The van der Waals surface area contributed by atoms with Gasteiger partial charge in [0.2, 0.25) is 10.0 Å². The summed E-state index contributed by atoms with van der Waals surface area (Å²) in [4.78, 5) is 6.64. The number of rotatable bonds is 7. The summed E-state index contributed by atoms with van der Waals surface area (Å²) in [5, 5.41) is 3.25. The van der Waals surface area contributed by atoms with Crippen LogP contribution in [0, 0.1) is 5.82 Å². The van der Waals surface area contributed by atoms with Crippen LogP contribution < -0.4 is 10.0 Å². The number of sulfonamides is 1. The fourth-order valence-electron chi connectivity index (χ4n) is 2.88. The lowest BCUT2D eigenvalue weighted by Gasteiger charge is -2.38. The maximum atomic E-state index is 13.2. The SMILES string of the molecule is CCNC(=NCCNS(=O)(=O)CC)N1CC(C)OC(c2ccc(F)cc2)C1. The second-order valence-corrected chi connectivity index (χ2v) is 8.52. The van der Waals surface area contributed by atoms with Crippen molar-refractivity contribution in [1.82, 2.24) is 14.9 Å². The van der Waals surface area contributed by atoms with E-state index in [1.54, 1.807) is 19.1 Å². The van der Waals surface area contributed by atoms with Crippen LogP contribution in [0.3, 0.4) is 0 Å². The van der Waals surface area contributed by atoms with Gasteiger partial charge in [-0.1, -0.05) is 12.1 Å². The number of aliphatic imine (C=N–C) groups is 1. The molecule has 1 aliphatic heterocycles. The summed E-state index contributed by atoms with van der Waals surface area (Å²) < 4.78 is 44.7. The number of guanidine groups is 1. The summed E-state index contributed by atoms with van der Waals surface area (Å²) in [6.07, 6.45) is -0.201. The van der Waals surface area contributed by atoms with Gasteiger partial charge in [-0.3, -0.25) is 4.99 Å². The predicted molar refractivity (Wildman–Crippen MR) is 105 cm³/mol. The Morgan fingerprint density at radius 1 is 1.30 bits per heavy atom. The first-order chi connectivity index (χ1) is 12.8. The molecule has 0 bridgehead atoms. The van der Waals surface area contributed by atoms with Crippen LogP contribution in [0.15, 0.2) is 29.3 Å². The molecule has 152 valence electrons. The summed E-state index contributed by atoms with van der Waals surface area (Å²) in [6.45, 7) is 8.12. The van der Waals surface area contributed by atoms with Crippen molar-refractivity contribution in [2.45, 2.75) is 33.0 Å². The Balaban J connectivity index is 2.05. The molecule has 9 heteroatoms. The van der Waals surface area contributed by atoms with Crippen LogP contribution in [0.5, 0.6) is 0 Å². The fraction of sp³-hybridized carbons (Fsp3) is 0.611. The monoisotopic (exact) mass is 400 g/mol. The van der Waals surface area contributed by atoms with E-state index in [-0.39, 0.29) is 30.3 Å². The minimum absolute atomic E-state index is 0.0174. The van der Waals surface area contributed by atoms with Crippen molar-refractivity contribution in [2.75, 3.05) is 38.5 Å². The van der Waals surface area contributed by atoms with E-state index >= 15 is 0 Å². The second-order valence-electron chi connectivity index (χ2n) is 6.43. The summed E-state index contributed by atoms with van der Waals surface area (Å²) in [7, 11) is -3.22. The molecule has 1 aliphatic rings. The minimum Gasteiger partial charge on any atom is -0.367 e. The third kappa shape index (κ3) is 6.75. The van der Waals surface area contributed by atoms with Crippen molar-refractivity contribution < 1.29 is 17.5 Å². The lowest BCUT2D eigenvalue weighted by Crippen LogP contribution is -2.51. The maximum Gasteiger partial charge on any atom is 0.211 e. The molecule has 1 fully saturated rings. The van der Waals surface area contributed by atoms with Crippen LogP contribution in [-0.2, 0) is 14.8 Å². The van der Waals surface area contributed by atoms with E-state index < -0.39 is 10.0 Å². The molecule has 1 aromatic carbocycles. The number of morpholine rings is 1. The average molecular weight is 401 g/mol. The molecule has 1 aromatic rings. The lowest BCUT2D eigenvalue weighted by atomic mass is 10.1. The van der Waals surface area contributed by atoms with E-state index in [1.807, 2.05) is 13.8 Å². The number of hydrogen-bond donors (Lipinski definition) is 2. The van der Waals surface area contributed by atoms with Gasteiger partial charge in [0, 0.05) is 19.6 Å². The van der Waals surface area contributed by atoms with Crippen molar-refractivity contribution in [3.63, 3.8) is 0 Å². The van der Waals surface area contributed by atoms with Crippen molar-refractivity contribution in [2.24, 2.45) is 4.99 Å². The molecule has 0 aliphatic carbocycles. The first-order valence-electron chi connectivity index (χ1n) is 9.26. The quantitative estimate of drug-likeness (QED) is 0.412. The number of benzene rings is 1. The average Bonchev–Trinajstić information content (AvgIpc) is 2.64. The van der Waals surface area contributed by atoms with Gasteiger partial charge in [0.1, 0.15) is 11.9 Å². The molecule has 0 spiro atoms. The number of nitrogens with zero attached hydrogens (tertiary/aromatic N) is 2. The summed E-state index contributed by atoms with van der Waals surface area (Å²) in [5.74, 6) is 0.497. The topological polar surface area (TPSA) is 83.0 Å². The molecule has 0 saturated carbocycles. The first kappa shape index (κ1) is 21.6. The van der Waals surface area contributed by atoms with Crippen LogP contribution in [0.25, 0.3) is 0 Å². The third-order valence-corrected chi connectivity index (χ3v) is 5.62. The van der Waals surface area contributed by atoms with Gasteiger partial charge in [-0.15, -0.1) is 0 Å². The summed E-state index contributed by atoms with van der Waals surface area (Å²) in [5.41, 5.74) is 0.916. The van der Waals surface area contributed by atoms with Crippen LogP contribution in [0.4, 0.5) is 4.39 Å². The van der Waals surface area contributed by atoms with Gasteiger partial charge < -0.3 is 15.0 Å². The van der Waals surface area contributed by atoms with E-state index in [0.717, 1.165) is 11.5 Å². The van der Waals surface area contributed by atoms with E-state index in [1.165, 1.54) is 12.1 Å². The second kappa shape index (κ2) is 10.0. The van der Waals surface area contributed by atoms with Gasteiger partial charge in [0.05, 0.1) is 24.9 Å². The molecule has 27 heavy (non-hydrogen) atoms. The molecule has 7 nitrogen and oxygen atoms in total. The molecule has 2 atom stereocenters. The zero-order valence-corrected chi connectivity index (χ0v) is 16.9. The van der Waals surface area contributed by atoms with Gasteiger partial charge in [0.15, 0.2) is 5.96 Å². The molecule has 2 unspecified atom stereocenters. The Hall–Kier alpha value is -1.71. The van der Waals surface area contributed by atoms with Crippen molar-refractivity contribution >= 4 is 16.0 Å². The summed E-state index contributed by atoms with van der Waals surface area (Å²) >= 11 is 0. The van der Waals surface area contributed by atoms with Gasteiger partial charge in [-0.2, -0.15) is 0 Å². The lowest BCUT2D eigenvalue weighted by molar-refractivity contribution is -0.0605. The zero-order chi connectivity index (χ0) is 19.9. The van der Waals surface area contributed by atoms with Crippen LogP contribution in [0.1, 0.15) is 32.4 Å². The summed E-state index contributed by atoms with van der Waals surface area (Å²) in [6, 6.07) is 6.34. The number of ether oxygens (including phenoxy) is 1. The van der Waals surface area contributed by atoms with Gasteiger partial charge in [-0.25, -0.2) is 17.5 Å². The minimum atomic E-state index is -3.22. The van der Waals surface area contributed by atoms with Crippen LogP contribution >= 0.6 is 0 Å². The smallest absolute Gasteiger partial charge is 0.211 e. The Labute approximate surface area is 161 Å². The molecule has 2 rings (SSSR count). The molecular weight excluding hydrogens is 371 g/mol. The van der Waals surface area contributed by atoms with E-state index in [0.29, 0.717) is 26.2 Å². The first-order valence-corrected chi connectivity index (χ1v) is 10.9. The Bertz CT molecular complexity index is 725. The molecule has 1 saturated heterocycles. The molecule has 2 N–H and O–H groups in total. The predicted octanol–water partition coefficient (Wildman–Crippen LogP) is 1.49. The van der Waals surface area contributed by atoms with Crippen LogP contribution in [0.2, 0.25) is 0 Å². The Morgan fingerprint density at radius 3 is 2.63 bits per heavy atom. The van der Waals surface area contributed by atoms with Crippen LogP contribution in [-0.4, -0.2) is 63.9 Å². The van der Waals surface area contributed by atoms with E-state index in [2.05, 4.69) is 19.9 Å². The maximum absolute atomic E-state index is 13.2. The standard InChI is InChI=1S/C18H29FN4O3S/c1-4-20-18(21-10-11-22-27(24,25)5-2)23-12-14(3)26-17(13-23)15-6-8-16(19)9-7-15/h6-9,14,17,22H,4-5,10-13H2,1-3H3,(H,20,21). The largest absolute Gasteiger partial charge is 0.367 e. The van der Waals surface area contributed by atoms with Crippen molar-refractivity contribution in [3.05, 3.63) is 35.6 Å². The van der Waals surface area contributed by atoms with Crippen molar-refractivity contribution in [3.8, 4) is 0 Å². The fourth-order valence-corrected chi connectivity index (χ4v) is 3.48. The zero-order valence-electron chi connectivity index (χ0n) is 16.1. The molecular formula is C18H29FN4O3S. The highest BCUT2D eigenvalue weighted by atomic mass is 32.2. The Morgan fingerprint density at radius 2 is 2.00 bits per heavy atom. The van der Waals surface area contributed by atoms with E-state index in [4.69, 9.17) is 4.74 Å². The number of hydrogen-bond acceptors (Lipinski definition) is 4. The normalized spacial score (nSPS) is 21.3. The third-order valence-electron chi connectivity index (χ3n) is 4.21. The number of nitrogens with one attached hydrogen (secondary N) is 2. The molecule has 0 aromatic heterocycles. The van der Waals surface area contributed by atoms with Gasteiger partial charge >= 0.3 is 0 Å². The van der Waals surface area contributed by atoms with Gasteiger partial charge in [0.25, 0.3) is 0 Å². The van der Waals surface area contributed by atoms with Crippen molar-refractivity contribution in [1.29, 1.82) is 0 Å². The number of halogens is 1. The highest BCUT2D eigenvalue weighted by Crippen LogP contribution is 2.25. The van der Waals surface area contributed by atoms with Gasteiger partial charge in [-0.05, 0) is 38.5 Å². The highest BCUT2D eigenvalue weighted by Gasteiger charge is 2.28. The molecule has 0 radical (unpaired) electrons. The van der Waals surface area contributed by atoms with E-state index in [9.17, 15) is 12.8 Å². The highest BCUT2D eigenvalue weighted by molar-refractivity contribution is 7.89. The molecule has 0 amide bonds. The Kier molecular flexibility index (Phi) is 8.00. The molecule has 1 heterocycles.